The fourth-order valence-electron chi connectivity index (χ4n) is 1.56. The molecule has 1 aliphatic heterocycles. The van der Waals surface area contributed by atoms with Crippen molar-refractivity contribution in [1.29, 1.82) is 0 Å². The lowest BCUT2D eigenvalue weighted by Gasteiger charge is -2.32. The number of likely N-dealkylation sites (tertiary alicyclic amines) is 1. The van der Waals surface area contributed by atoms with Crippen molar-refractivity contribution < 1.29 is 0 Å². The minimum absolute atomic E-state index is 0.836. The number of piperidine rings is 1. The van der Waals surface area contributed by atoms with Gasteiger partial charge in [0.05, 0.1) is 0 Å². The van der Waals surface area contributed by atoms with E-state index in [0.717, 1.165) is 6.04 Å². The van der Waals surface area contributed by atoms with Gasteiger partial charge in [-0.2, -0.15) is 0 Å². The zero-order valence-corrected chi connectivity index (χ0v) is 8.49. The first-order valence-corrected chi connectivity index (χ1v) is 5.82. The molecule has 0 N–H and O–H groups in total. The first-order chi connectivity index (χ1) is 5.34. The molecule has 0 spiro atoms. The third kappa shape index (κ3) is 3.04. The maximum absolute atomic E-state index is 2.61. The summed E-state index contributed by atoms with van der Waals surface area (Å²) < 4.78 is 0. The molecule has 2 heteroatoms. The van der Waals surface area contributed by atoms with Crippen molar-refractivity contribution in [3.05, 3.63) is 0 Å². The first-order valence-electron chi connectivity index (χ1n) is 4.66. The molecule has 0 bridgehead atoms. The smallest absolute Gasteiger partial charge is 0.0446 e. The van der Waals surface area contributed by atoms with E-state index in [2.05, 4.69) is 18.7 Å². The van der Waals surface area contributed by atoms with Crippen LogP contribution in [0.2, 0.25) is 0 Å². The minimum Gasteiger partial charge on any atom is -0.291 e. The van der Waals surface area contributed by atoms with E-state index >= 15 is 0 Å². The van der Waals surface area contributed by atoms with E-state index in [0.29, 0.717) is 0 Å². The predicted octanol–water partition coefficient (Wildman–Crippen LogP) is 2.57. The number of rotatable bonds is 3. The second kappa shape index (κ2) is 5.04. The van der Waals surface area contributed by atoms with Crippen molar-refractivity contribution in [2.45, 2.75) is 39.2 Å². The molecule has 0 radical (unpaired) electrons. The van der Waals surface area contributed by atoms with Crippen LogP contribution in [0, 0.1) is 0 Å². The molecule has 0 amide bonds. The average Bonchev–Trinajstić information content (AvgIpc) is 2.03. The highest BCUT2D eigenvalue weighted by Crippen LogP contribution is 2.18. The molecule has 1 nitrogen and oxygen atoms in total. The van der Waals surface area contributed by atoms with Gasteiger partial charge in [0.15, 0.2) is 0 Å². The quantitative estimate of drug-likeness (QED) is 0.645. The molecule has 0 unspecified atom stereocenters. The van der Waals surface area contributed by atoms with Crippen LogP contribution in [0.5, 0.6) is 0 Å². The molecular formula is C9H19NS. The van der Waals surface area contributed by atoms with Gasteiger partial charge in [-0.1, -0.05) is 13.3 Å². The van der Waals surface area contributed by atoms with Crippen molar-refractivity contribution in [2.75, 3.05) is 18.2 Å². The number of hydrogen-bond acceptors (Lipinski definition) is 2. The molecule has 1 aliphatic rings. The predicted molar refractivity (Wildman–Crippen MR) is 53.0 cm³/mol. The van der Waals surface area contributed by atoms with Gasteiger partial charge in [-0.3, -0.25) is 4.90 Å². The summed E-state index contributed by atoms with van der Waals surface area (Å²) in [4.78, 5) is 2.61. The van der Waals surface area contributed by atoms with Crippen molar-refractivity contribution in [3.8, 4) is 0 Å². The van der Waals surface area contributed by atoms with Gasteiger partial charge >= 0.3 is 0 Å². The Morgan fingerprint density at radius 3 is 2.91 bits per heavy atom. The third-order valence-corrected chi connectivity index (χ3v) is 3.32. The van der Waals surface area contributed by atoms with Crippen LogP contribution in [0.4, 0.5) is 0 Å². The molecule has 0 aromatic carbocycles. The SMILES string of the molecule is CCSCN1CCCC[C@@H]1C. The van der Waals surface area contributed by atoms with Crippen LogP contribution in [-0.4, -0.2) is 29.1 Å². The van der Waals surface area contributed by atoms with Crippen LogP contribution in [0.15, 0.2) is 0 Å². The zero-order valence-electron chi connectivity index (χ0n) is 7.68. The summed E-state index contributed by atoms with van der Waals surface area (Å²) >= 11 is 2.04. The van der Waals surface area contributed by atoms with Gasteiger partial charge in [-0.05, 0) is 32.1 Å². The van der Waals surface area contributed by atoms with E-state index in [4.69, 9.17) is 0 Å². The second-order valence-corrected chi connectivity index (χ2v) is 4.52. The van der Waals surface area contributed by atoms with Crippen LogP contribution in [-0.2, 0) is 0 Å². The maximum Gasteiger partial charge on any atom is 0.0446 e. The minimum atomic E-state index is 0.836. The number of thioether (sulfide) groups is 1. The van der Waals surface area contributed by atoms with Crippen molar-refractivity contribution in [3.63, 3.8) is 0 Å². The Morgan fingerprint density at radius 2 is 2.27 bits per heavy atom. The van der Waals surface area contributed by atoms with Gasteiger partial charge in [-0.25, -0.2) is 0 Å². The number of hydrogen-bond donors (Lipinski definition) is 0. The molecule has 0 saturated carbocycles. The second-order valence-electron chi connectivity index (χ2n) is 3.28. The molecule has 66 valence electrons. The molecule has 1 saturated heterocycles. The van der Waals surface area contributed by atoms with Gasteiger partial charge in [0.25, 0.3) is 0 Å². The average molecular weight is 173 g/mol. The highest BCUT2D eigenvalue weighted by atomic mass is 32.2. The van der Waals surface area contributed by atoms with E-state index in [1.165, 1.54) is 37.4 Å². The molecule has 11 heavy (non-hydrogen) atoms. The van der Waals surface area contributed by atoms with Gasteiger partial charge in [0.2, 0.25) is 0 Å². The monoisotopic (exact) mass is 173 g/mol. The molecule has 1 rings (SSSR count). The molecular weight excluding hydrogens is 154 g/mol. The van der Waals surface area contributed by atoms with Gasteiger partial charge in [-0.15, -0.1) is 11.8 Å². The zero-order chi connectivity index (χ0) is 8.10. The van der Waals surface area contributed by atoms with E-state index in [-0.39, 0.29) is 0 Å². The summed E-state index contributed by atoms with van der Waals surface area (Å²) in [5.41, 5.74) is 0. The fourth-order valence-corrected chi connectivity index (χ4v) is 2.36. The van der Waals surface area contributed by atoms with Crippen molar-refractivity contribution >= 4 is 11.8 Å². The Kier molecular flexibility index (Phi) is 4.31. The summed E-state index contributed by atoms with van der Waals surface area (Å²) in [7, 11) is 0. The lowest BCUT2D eigenvalue weighted by atomic mass is 10.1. The van der Waals surface area contributed by atoms with E-state index in [1.54, 1.807) is 0 Å². The largest absolute Gasteiger partial charge is 0.291 e. The summed E-state index contributed by atoms with van der Waals surface area (Å²) in [5.74, 6) is 2.50. The van der Waals surface area contributed by atoms with Gasteiger partial charge in [0, 0.05) is 11.9 Å². The summed E-state index contributed by atoms with van der Waals surface area (Å²) in [6.45, 7) is 5.92. The highest BCUT2D eigenvalue weighted by molar-refractivity contribution is 7.99. The molecule has 0 aromatic rings. The Labute approximate surface area is 74.5 Å². The van der Waals surface area contributed by atoms with Crippen molar-refractivity contribution in [2.24, 2.45) is 0 Å². The summed E-state index contributed by atoms with van der Waals surface area (Å²) in [6, 6.07) is 0.836. The lowest BCUT2D eigenvalue weighted by Crippen LogP contribution is -2.37. The first kappa shape index (κ1) is 9.40. The molecule has 1 fully saturated rings. The summed E-state index contributed by atoms with van der Waals surface area (Å²) in [5, 5.41) is 0. The Balaban J connectivity index is 2.18. The van der Waals surface area contributed by atoms with Crippen molar-refractivity contribution in [1.82, 2.24) is 4.90 Å². The van der Waals surface area contributed by atoms with Gasteiger partial charge < -0.3 is 0 Å². The van der Waals surface area contributed by atoms with Crippen LogP contribution in [0.1, 0.15) is 33.1 Å². The summed E-state index contributed by atoms with van der Waals surface area (Å²) in [6.07, 6.45) is 4.26. The fraction of sp³-hybridized carbons (Fsp3) is 1.00. The molecule has 0 aliphatic carbocycles. The van der Waals surface area contributed by atoms with E-state index in [9.17, 15) is 0 Å². The van der Waals surface area contributed by atoms with Gasteiger partial charge in [0.1, 0.15) is 0 Å². The Bertz CT molecular complexity index is 106. The Hall–Kier alpha value is 0.310. The topological polar surface area (TPSA) is 3.24 Å². The van der Waals surface area contributed by atoms with E-state index < -0.39 is 0 Å². The molecule has 1 heterocycles. The van der Waals surface area contributed by atoms with Crippen LogP contribution in [0.3, 0.4) is 0 Å². The standard InChI is InChI=1S/C9H19NS/c1-3-11-8-10-7-5-4-6-9(10)2/h9H,3-8H2,1-2H3/t9-/m0/s1. The normalized spacial score (nSPS) is 27.3. The lowest BCUT2D eigenvalue weighted by molar-refractivity contribution is 0.191. The molecule has 1 atom stereocenters. The third-order valence-electron chi connectivity index (χ3n) is 2.40. The van der Waals surface area contributed by atoms with E-state index in [1.807, 2.05) is 11.8 Å². The van der Waals surface area contributed by atoms with Crippen LogP contribution >= 0.6 is 11.8 Å². The maximum atomic E-state index is 2.61. The van der Waals surface area contributed by atoms with Crippen LogP contribution < -0.4 is 0 Å². The van der Waals surface area contributed by atoms with Crippen LogP contribution in [0.25, 0.3) is 0 Å². The molecule has 0 aromatic heterocycles. The Morgan fingerprint density at radius 1 is 1.45 bits per heavy atom. The number of nitrogens with zero attached hydrogens (tertiary/aromatic N) is 1. The highest BCUT2D eigenvalue weighted by Gasteiger charge is 2.16.